The summed E-state index contributed by atoms with van der Waals surface area (Å²) in [6.45, 7) is 0.459. The second-order valence-electron chi connectivity index (χ2n) is 4.38. The summed E-state index contributed by atoms with van der Waals surface area (Å²) in [6.07, 6.45) is 2.35. The Morgan fingerprint density at radius 1 is 1.56 bits per heavy atom. The summed E-state index contributed by atoms with van der Waals surface area (Å²) in [5.74, 6) is -0.113. The number of nitrogens with zero attached hydrogens (tertiary/aromatic N) is 2. The van der Waals surface area contributed by atoms with Crippen molar-refractivity contribution in [2.24, 2.45) is 0 Å². The summed E-state index contributed by atoms with van der Waals surface area (Å²) >= 11 is 6.04. The topological polar surface area (TPSA) is 70.1 Å². The molecule has 0 saturated heterocycles. The quantitative estimate of drug-likeness (QED) is 0.848. The van der Waals surface area contributed by atoms with Crippen LogP contribution in [0.15, 0.2) is 18.2 Å². The summed E-state index contributed by atoms with van der Waals surface area (Å²) in [6, 6.07) is 7.20. The average Bonchev–Trinajstić information content (AvgIpc) is 3.13. The lowest BCUT2D eigenvalue weighted by Crippen LogP contribution is -2.34. The SMILES string of the molecule is N#CCCN(C(=O)c1ccc(N)cc1Cl)C1CC1. The number of nitrogen functional groups attached to an aromatic ring is 1. The van der Waals surface area contributed by atoms with Gasteiger partial charge >= 0.3 is 0 Å². The van der Waals surface area contributed by atoms with Crippen molar-refractivity contribution in [3.8, 4) is 6.07 Å². The Hall–Kier alpha value is -1.73. The number of carbonyl (C=O) groups excluding carboxylic acids is 1. The molecule has 0 unspecified atom stereocenters. The maximum atomic E-state index is 12.4. The summed E-state index contributed by atoms with van der Waals surface area (Å²) in [4.78, 5) is 14.1. The number of nitriles is 1. The van der Waals surface area contributed by atoms with E-state index in [4.69, 9.17) is 22.6 Å². The standard InChI is InChI=1S/C13H14ClN3O/c14-12-8-9(16)2-5-11(12)13(18)17(7-1-6-15)10-3-4-10/h2,5,8,10H,1,3-4,7,16H2. The van der Waals surface area contributed by atoms with Gasteiger partial charge in [-0.15, -0.1) is 0 Å². The molecule has 4 nitrogen and oxygen atoms in total. The third-order valence-electron chi connectivity index (χ3n) is 2.94. The van der Waals surface area contributed by atoms with Gasteiger partial charge in [0, 0.05) is 18.3 Å². The molecular weight excluding hydrogens is 250 g/mol. The molecule has 94 valence electrons. The molecular formula is C13H14ClN3O. The van der Waals surface area contributed by atoms with E-state index in [-0.39, 0.29) is 11.9 Å². The van der Waals surface area contributed by atoms with Crippen LogP contribution in [0.25, 0.3) is 0 Å². The van der Waals surface area contributed by atoms with Gasteiger partial charge in [0.1, 0.15) is 0 Å². The maximum Gasteiger partial charge on any atom is 0.255 e. The predicted octanol–water partition coefficient (Wildman–Crippen LogP) is 2.44. The number of rotatable bonds is 4. The van der Waals surface area contributed by atoms with Crippen LogP contribution in [0.4, 0.5) is 5.69 Å². The summed E-state index contributed by atoms with van der Waals surface area (Å²) in [5.41, 5.74) is 6.59. The molecule has 2 N–H and O–H groups in total. The van der Waals surface area contributed by atoms with Crippen LogP contribution in [0.5, 0.6) is 0 Å². The Bertz CT molecular complexity index is 505. The van der Waals surface area contributed by atoms with Gasteiger partial charge in [-0.2, -0.15) is 5.26 Å². The van der Waals surface area contributed by atoms with E-state index >= 15 is 0 Å². The van der Waals surface area contributed by atoms with Crippen molar-refractivity contribution >= 4 is 23.2 Å². The smallest absolute Gasteiger partial charge is 0.255 e. The summed E-state index contributed by atoms with van der Waals surface area (Å²) in [7, 11) is 0. The molecule has 1 saturated carbocycles. The molecule has 0 radical (unpaired) electrons. The molecule has 1 fully saturated rings. The zero-order valence-corrected chi connectivity index (χ0v) is 10.7. The van der Waals surface area contributed by atoms with Gasteiger partial charge in [0.25, 0.3) is 5.91 Å². The van der Waals surface area contributed by atoms with Crippen LogP contribution in [0.3, 0.4) is 0 Å². The van der Waals surface area contributed by atoms with Crippen molar-refractivity contribution in [2.75, 3.05) is 12.3 Å². The predicted molar refractivity (Wildman–Crippen MR) is 70.2 cm³/mol. The van der Waals surface area contributed by atoms with Crippen LogP contribution in [0.2, 0.25) is 5.02 Å². The van der Waals surface area contributed by atoms with Crippen molar-refractivity contribution < 1.29 is 4.79 Å². The maximum absolute atomic E-state index is 12.4. The minimum atomic E-state index is -0.113. The van der Waals surface area contributed by atoms with E-state index in [1.807, 2.05) is 0 Å². The highest BCUT2D eigenvalue weighted by Crippen LogP contribution is 2.30. The Morgan fingerprint density at radius 3 is 2.83 bits per heavy atom. The number of hydrogen-bond acceptors (Lipinski definition) is 3. The zero-order valence-electron chi connectivity index (χ0n) is 9.90. The average molecular weight is 264 g/mol. The molecule has 1 aliphatic carbocycles. The molecule has 0 atom stereocenters. The van der Waals surface area contributed by atoms with Gasteiger partial charge < -0.3 is 10.6 Å². The molecule has 0 bridgehead atoms. The van der Waals surface area contributed by atoms with E-state index in [9.17, 15) is 4.79 Å². The van der Waals surface area contributed by atoms with Gasteiger partial charge in [-0.1, -0.05) is 11.6 Å². The van der Waals surface area contributed by atoms with E-state index < -0.39 is 0 Å². The molecule has 0 aliphatic heterocycles. The van der Waals surface area contributed by atoms with E-state index in [1.54, 1.807) is 23.1 Å². The van der Waals surface area contributed by atoms with Gasteiger partial charge in [0.05, 0.1) is 23.1 Å². The molecule has 1 aromatic carbocycles. The van der Waals surface area contributed by atoms with Crippen molar-refractivity contribution in [1.29, 1.82) is 5.26 Å². The van der Waals surface area contributed by atoms with Crippen LogP contribution < -0.4 is 5.73 Å². The van der Waals surface area contributed by atoms with Crippen molar-refractivity contribution in [1.82, 2.24) is 4.90 Å². The minimum Gasteiger partial charge on any atom is -0.399 e. The van der Waals surface area contributed by atoms with Gasteiger partial charge in [-0.05, 0) is 31.0 Å². The number of nitrogens with two attached hydrogens (primary N) is 1. The Morgan fingerprint density at radius 2 is 2.28 bits per heavy atom. The molecule has 1 aliphatic rings. The largest absolute Gasteiger partial charge is 0.399 e. The van der Waals surface area contributed by atoms with Crippen LogP contribution in [0.1, 0.15) is 29.6 Å². The van der Waals surface area contributed by atoms with Crippen LogP contribution >= 0.6 is 11.6 Å². The monoisotopic (exact) mass is 263 g/mol. The second-order valence-corrected chi connectivity index (χ2v) is 4.78. The first-order chi connectivity index (χ1) is 8.63. The minimum absolute atomic E-state index is 0.113. The highest BCUT2D eigenvalue weighted by Gasteiger charge is 2.33. The normalized spacial score (nSPS) is 14.0. The van der Waals surface area contributed by atoms with Gasteiger partial charge in [-0.3, -0.25) is 4.79 Å². The van der Waals surface area contributed by atoms with Crippen molar-refractivity contribution in [3.05, 3.63) is 28.8 Å². The number of carbonyl (C=O) groups is 1. The number of halogens is 1. The van der Waals surface area contributed by atoms with Crippen molar-refractivity contribution in [3.63, 3.8) is 0 Å². The first-order valence-electron chi connectivity index (χ1n) is 5.86. The van der Waals surface area contributed by atoms with Crippen molar-refractivity contribution in [2.45, 2.75) is 25.3 Å². The molecule has 1 aromatic rings. The van der Waals surface area contributed by atoms with Crippen LogP contribution in [-0.2, 0) is 0 Å². The van der Waals surface area contributed by atoms with E-state index in [0.717, 1.165) is 12.8 Å². The highest BCUT2D eigenvalue weighted by atomic mass is 35.5. The fourth-order valence-corrected chi connectivity index (χ4v) is 2.14. The third kappa shape index (κ3) is 2.74. The number of anilines is 1. The molecule has 0 heterocycles. The summed E-state index contributed by atoms with van der Waals surface area (Å²) < 4.78 is 0. The second kappa shape index (κ2) is 5.28. The molecule has 18 heavy (non-hydrogen) atoms. The number of amides is 1. The Kier molecular flexibility index (Phi) is 3.73. The Labute approximate surface area is 111 Å². The molecule has 5 heteroatoms. The fourth-order valence-electron chi connectivity index (χ4n) is 1.87. The molecule has 2 rings (SSSR count). The van der Waals surface area contributed by atoms with E-state index in [1.165, 1.54) is 0 Å². The summed E-state index contributed by atoms with van der Waals surface area (Å²) in [5, 5.41) is 8.99. The molecule has 0 aromatic heterocycles. The lowest BCUT2D eigenvalue weighted by Gasteiger charge is -2.21. The first-order valence-corrected chi connectivity index (χ1v) is 6.24. The van der Waals surface area contributed by atoms with Gasteiger partial charge in [0.2, 0.25) is 0 Å². The zero-order chi connectivity index (χ0) is 13.1. The van der Waals surface area contributed by atoms with Crippen LogP contribution in [0, 0.1) is 11.3 Å². The third-order valence-corrected chi connectivity index (χ3v) is 3.25. The van der Waals surface area contributed by atoms with Gasteiger partial charge in [-0.25, -0.2) is 0 Å². The highest BCUT2D eigenvalue weighted by molar-refractivity contribution is 6.34. The number of hydrogen-bond donors (Lipinski definition) is 1. The molecule has 1 amide bonds. The van der Waals surface area contributed by atoms with Gasteiger partial charge in [0.15, 0.2) is 0 Å². The van der Waals surface area contributed by atoms with Crippen LogP contribution in [-0.4, -0.2) is 23.4 Å². The van der Waals surface area contributed by atoms with E-state index in [0.29, 0.717) is 29.2 Å². The fraction of sp³-hybridized carbons (Fsp3) is 0.385. The molecule has 0 spiro atoms. The number of benzene rings is 1. The lowest BCUT2D eigenvalue weighted by atomic mass is 10.1. The lowest BCUT2D eigenvalue weighted by molar-refractivity contribution is 0.0747. The van der Waals surface area contributed by atoms with E-state index in [2.05, 4.69) is 6.07 Å². The Balaban J connectivity index is 2.19. The first kappa shape index (κ1) is 12.7.